The van der Waals surface area contributed by atoms with Crippen LogP contribution in [0, 0.1) is 0 Å². The molecule has 3 heterocycles. The van der Waals surface area contributed by atoms with Crippen molar-refractivity contribution in [3.63, 3.8) is 0 Å². The lowest BCUT2D eigenvalue weighted by Crippen LogP contribution is -2.33. The third-order valence-corrected chi connectivity index (χ3v) is 4.11. The van der Waals surface area contributed by atoms with Crippen molar-refractivity contribution in [3.8, 4) is 0 Å². The number of rotatable bonds is 5. The highest BCUT2D eigenvalue weighted by molar-refractivity contribution is 7.46. The zero-order chi connectivity index (χ0) is 18.4. The molecule has 2 aromatic heterocycles. The number of H-pyrrole nitrogens is 1. The Morgan fingerprint density at radius 3 is 2.76 bits per heavy atom. The van der Waals surface area contributed by atoms with Gasteiger partial charge in [0.05, 0.1) is 12.9 Å². The number of fused-ring (bicyclic) bond motifs is 1. The highest BCUT2D eigenvalue weighted by Gasteiger charge is 2.45. The number of nitrogens with zero attached hydrogens (tertiary/aromatic N) is 3. The monoisotopic (exact) mass is 380 g/mol. The minimum atomic E-state index is -4.79. The van der Waals surface area contributed by atoms with Crippen LogP contribution in [0.2, 0.25) is 0 Å². The molecule has 0 aliphatic carbocycles. The van der Waals surface area contributed by atoms with Gasteiger partial charge in [-0.3, -0.25) is 13.9 Å². The number of hydrogen-bond acceptors (Lipinski definition) is 8. The molecular formula is C11H14FN4O8P. The van der Waals surface area contributed by atoms with E-state index in [1.807, 2.05) is 0 Å². The Kier molecular flexibility index (Phi) is 4.72. The van der Waals surface area contributed by atoms with Crippen LogP contribution in [0.15, 0.2) is 11.1 Å². The molecule has 1 saturated heterocycles. The molecule has 25 heavy (non-hydrogen) atoms. The molecule has 1 aliphatic rings. The van der Waals surface area contributed by atoms with Gasteiger partial charge in [0.15, 0.2) is 17.4 Å². The maximum atomic E-state index is 12.8. The van der Waals surface area contributed by atoms with Crippen LogP contribution in [0.5, 0.6) is 0 Å². The number of ether oxygens (including phenoxy) is 1. The number of aromatic nitrogens is 4. The van der Waals surface area contributed by atoms with Crippen LogP contribution in [0.1, 0.15) is 12.1 Å². The van der Waals surface area contributed by atoms with Crippen LogP contribution in [0.4, 0.5) is 4.39 Å². The number of nitrogens with one attached hydrogen (secondary N) is 1. The van der Waals surface area contributed by atoms with Crippen LogP contribution in [0.3, 0.4) is 0 Å². The molecule has 1 unspecified atom stereocenters. The normalized spacial score (nSPS) is 27.2. The van der Waals surface area contributed by atoms with Crippen molar-refractivity contribution in [1.29, 1.82) is 0 Å². The average molecular weight is 380 g/mol. The molecule has 0 spiro atoms. The van der Waals surface area contributed by atoms with Gasteiger partial charge in [0.2, 0.25) is 0 Å². The van der Waals surface area contributed by atoms with Crippen molar-refractivity contribution in [3.05, 3.63) is 22.5 Å². The van der Waals surface area contributed by atoms with Crippen LogP contribution in [0.25, 0.3) is 11.2 Å². The molecular weight excluding hydrogens is 366 g/mol. The van der Waals surface area contributed by atoms with E-state index < -0.39 is 51.2 Å². The predicted octanol–water partition coefficient (Wildman–Crippen LogP) is -1.68. The second kappa shape index (κ2) is 6.53. The Morgan fingerprint density at radius 1 is 1.40 bits per heavy atom. The number of phosphoric acid groups is 1. The summed E-state index contributed by atoms with van der Waals surface area (Å²) >= 11 is 0. The smallest absolute Gasteiger partial charge is 0.387 e. The topological polar surface area (TPSA) is 180 Å². The zero-order valence-corrected chi connectivity index (χ0v) is 13.3. The summed E-state index contributed by atoms with van der Waals surface area (Å²) in [5.41, 5.74) is -0.896. The van der Waals surface area contributed by atoms with Gasteiger partial charge in [0.25, 0.3) is 5.56 Å². The molecule has 138 valence electrons. The largest absolute Gasteiger partial charge is 0.469 e. The van der Waals surface area contributed by atoms with E-state index in [0.717, 1.165) is 10.9 Å². The summed E-state index contributed by atoms with van der Waals surface area (Å²) in [5.74, 6) is -0.256. The van der Waals surface area contributed by atoms with Crippen molar-refractivity contribution in [2.45, 2.75) is 31.2 Å². The number of imidazole rings is 1. The number of aromatic amines is 1. The molecule has 0 bridgehead atoms. The molecule has 4 atom stereocenters. The van der Waals surface area contributed by atoms with Crippen molar-refractivity contribution in [2.75, 3.05) is 6.61 Å². The summed E-state index contributed by atoms with van der Waals surface area (Å²) in [5, 5.41) is 20.1. The molecule has 1 fully saturated rings. The number of aliphatic hydroxyl groups is 2. The Balaban J connectivity index is 1.91. The Hall–Kier alpha value is -1.73. The second-order valence-corrected chi connectivity index (χ2v) is 6.54. The highest BCUT2D eigenvalue weighted by atomic mass is 31.2. The van der Waals surface area contributed by atoms with Crippen molar-refractivity contribution in [2.24, 2.45) is 0 Å². The maximum absolute atomic E-state index is 12.8. The SMILES string of the molecule is O=c1[nH]c(CF)nc2c1ncn2C1O[C@@H](COP(=O)(O)O)[C@H](O)[C@@H]1O. The molecule has 0 aromatic carbocycles. The van der Waals surface area contributed by atoms with Gasteiger partial charge >= 0.3 is 7.82 Å². The molecule has 12 nitrogen and oxygen atoms in total. The van der Waals surface area contributed by atoms with Crippen LogP contribution in [-0.4, -0.2) is 64.4 Å². The fourth-order valence-corrected chi connectivity index (χ4v) is 2.83. The number of aliphatic hydroxyl groups excluding tert-OH is 2. The van der Waals surface area contributed by atoms with E-state index in [-0.39, 0.29) is 17.0 Å². The molecule has 14 heteroatoms. The van der Waals surface area contributed by atoms with Crippen molar-refractivity contribution < 1.29 is 38.2 Å². The summed E-state index contributed by atoms with van der Waals surface area (Å²) in [4.78, 5) is 39.1. The summed E-state index contributed by atoms with van der Waals surface area (Å²) in [7, 11) is -4.79. The lowest BCUT2D eigenvalue weighted by Gasteiger charge is -2.16. The first-order chi connectivity index (χ1) is 11.7. The summed E-state index contributed by atoms with van der Waals surface area (Å²) in [6.07, 6.45) is -4.48. The second-order valence-electron chi connectivity index (χ2n) is 5.30. The lowest BCUT2D eigenvalue weighted by atomic mass is 10.1. The minimum Gasteiger partial charge on any atom is -0.387 e. The lowest BCUT2D eigenvalue weighted by molar-refractivity contribution is -0.0504. The summed E-state index contributed by atoms with van der Waals surface area (Å²) < 4.78 is 34.3. The molecule has 0 saturated carbocycles. The van der Waals surface area contributed by atoms with E-state index in [1.165, 1.54) is 0 Å². The van der Waals surface area contributed by atoms with Gasteiger partial charge in [0, 0.05) is 0 Å². The molecule has 0 radical (unpaired) electrons. The van der Waals surface area contributed by atoms with Gasteiger partial charge in [-0.1, -0.05) is 0 Å². The van der Waals surface area contributed by atoms with Gasteiger partial charge in [-0.05, 0) is 0 Å². The number of hydrogen-bond donors (Lipinski definition) is 5. The molecule has 5 N–H and O–H groups in total. The maximum Gasteiger partial charge on any atom is 0.469 e. The van der Waals surface area contributed by atoms with E-state index in [0.29, 0.717) is 0 Å². The zero-order valence-electron chi connectivity index (χ0n) is 12.4. The standard InChI is InChI=1S/C11H14FN4O8P/c12-1-5-14-9-6(10(19)15-5)13-3-16(9)11-8(18)7(17)4(24-11)2-23-25(20,21)22/h3-4,7-8,11,17-18H,1-2H2,(H,14,15,19)(H2,20,21,22)/t4-,7-,8-,11?/m0/s1. The third kappa shape index (κ3) is 3.48. The van der Waals surface area contributed by atoms with Crippen LogP contribution < -0.4 is 5.56 Å². The fraction of sp³-hybridized carbons (Fsp3) is 0.545. The van der Waals surface area contributed by atoms with Crippen LogP contribution in [-0.2, 0) is 20.5 Å². The van der Waals surface area contributed by atoms with Crippen molar-refractivity contribution >= 4 is 19.0 Å². The van der Waals surface area contributed by atoms with E-state index in [2.05, 4.69) is 19.5 Å². The fourth-order valence-electron chi connectivity index (χ4n) is 2.49. The third-order valence-electron chi connectivity index (χ3n) is 3.63. The number of halogens is 1. The van der Waals surface area contributed by atoms with Crippen molar-refractivity contribution in [1.82, 2.24) is 19.5 Å². The Labute approximate surface area is 138 Å². The molecule has 2 aromatic rings. The first-order valence-corrected chi connectivity index (χ1v) is 8.47. The predicted molar refractivity (Wildman–Crippen MR) is 76.9 cm³/mol. The van der Waals surface area contributed by atoms with Gasteiger partial charge in [0.1, 0.15) is 30.8 Å². The van der Waals surface area contributed by atoms with E-state index in [1.54, 1.807) is 0 Å². The van der Waals surface area contributed by atoms with Gasteiger partial charge in [-0.2, -0.15) is 0 Å². The Morgan fingerprint density at radius 2 is 2.12 bits per heavy atom. The van der Waals surface area contributed by atoms with Gasteiger partial charge in [-0.25, -0.2) is 18.9 Å². The Bertz CT molecular complexity index is 881. The van der Waals surface area contributed by atoms with E-state index >= 15 is 0 Å². The first kappa shape index (κ1) is 18.1. The van der Waals surface area contributed by atoms with Gasteiger partial charge < -0.3 is 29.7 Å². The molecule has 0 amide bonds. The average Bonchev–Trinajstić information content (AvgIpc) is 3.08. The van der Waals surface area contributed by atoms with Crippen LogP contribution >= 0.6 is 7.82 Å². The first-order valence-electron chi connectivity index (χ1n) is 6.94. The van der Waals surface area contributed by atoms with Gasteiger partial charge in [-0.15, -0.1) is 0 Å². The summed E-state index contributed by atoms with van der Waals surface area (Å²) in [6.45, 7) is -1.72. The summed E-state index contributed by atoms with van der Waals surface area (Å²) in [6, 6.07) is 0. The minimum absolute atomic E-state index is 0.0794. The molecule has 1 aliphatic heterocycles. The molecule has 3 rings (SSSR count). The number of phosphoric ester groups is 1. The quantitative estimate of drug-likeness (QED) is 0.376. The van der Waals surface area contributed by atoms with E-state index in [9.17, 15) is 24.0 Å². The number of alkyl halides is 1. The highest BCUT2D eigenvalue weighted by Crippen LogP contribution is 2.38. The van der Waals surface area contributed by atoms with E-state index in [4.69, 9.17) is 14.5 Å².